The van der Waals surface area contributed by atoms with Crippen LogP contribution in [0.2, 0.25) is 0 Å². The molecule has 4 nitrogen and oxygen atoms in total. The van der Waals surface area contributed by atoms with Crippen LogP contribution in [0.15, 0.2) is 189 Å². The fourth-order valence-corrected chi connectivity index (χ4v) is 7.30. The number of carbonyl (C=O) groups excluding carboxylic acids is 2. The van der Waals surface area contributed by atoms with E-state index in [1.54, 1.807) is 12.1 Å². The van der Waals surface area contributed by atoms with Crippen molar-refractivity contribution in [2.75, 3.05) is 4.90 Å². The summed E-state index contributed by atoms with van der Waals surface area (Å²) in [7, 11) is 0. The molecule has 1 aromatic heterocycles. The maximum Gasteiger partial charge on any atom is 0.268 e. The number of para-hydroxylation sites is 2. The highest BCUT2D eigenvalue weighted by molar-refractivity contribution is 6.37. The van der Waals surface area contributed by atoms with Crippen molar-refractivity contribution in [3.63, 3.8) is 0 Å². The number of benzene rings is 7. The van der Waals surface area contributed by atoms with Gasteiger partial charge in [-0.2, -0.15) is 0 Å². The number of aryl methyl sites for hydroxylation is 1. The number of hydrogen-bond donors (Lipinski definition) is 0. The third-order valence-electron chi connectivity index (χ3n) is 9.97. The van der Waals surface area contributed by atoms with E-state index in [2.05, 4.69) is 79.2 Å². The van der Waals surface area contributed by atoms with Crippen LogP contribution in [0.25, 0.3) is 60.9 Å². The van der Waals surface area contributed by atoms with Gasteiger partial charge in [0.2, 0.25) is 0 Å². The number of fused-ring (bicyclic) bond motifs is 4. The predicted molar refractivity (Wildman–Crippen MR) is 224 cm³/mol. The lowest BCUT2D eigenvalue weighted by Crippen LogP contribution is -2.30. The van der Waals surface area contributed by atoms with E-state index in [1.165, 1.54) is 10.5 Å². The Hall–Kier alpha value is -7.04. The van der Waals surface area contributed by atoms with Crippen LogP contribution < -0.4 is 4.90 Å². The molecule has 0 bridgehead atoms. The molecule has 4 heteroatoms. The van der Waals surface area contributed by atoms with Gasteiger partial charge in [0.15, 0.2) is 0 Å². The zero-order valence-corrected chi connectivity index (χ0v) is 30.3. The van der Waals surface area contributed by atoms with Crippen molar-refractivity contribution < 1.29 is 9.59 Å². The fourth-order valence-electron chi connectivity index (χ4n) is 7.30. The quantitative estimate of drug-likeness (QED) is 0.128. The molecule has 8 aromatic rings. The Morgan fingerprint density at radius 3 is 1.70 bits per heavy atom. The molecule has 7 aromatic carbocycles. The first kappa shape index (κ1) is 34.1. The zero-order chi connectivity index (χ0) is 37.3. The lowest BCUT2D eigenvalue weighted by molar-refractivity contribution is 0.0926. The number of nitrogens with zero attached hydrogens (tertiary/aromatic N) is 2. The van der Waals surface area contributed by atoms with Crippen molar-refractivity contribution in [1.29, 1.82) is 0 Å². The highest BCUT2D eigenvalue weighted by Gasteiger charge is 2.41. The van der Waals surface area contributed by atoms with Crippen LogP contribution in [0.3, 0.4) is 0 Å². The van der Waals surface area contributed by atoms with E-state index < -0.39 is 0 Å². The van der Waals surface area contributed by atoms with Crippen molar-refractivity contribution >= 4 is 39.3 Å². The van der Waals surface area contributed by atoms with Gasteiger partial charge < -0.3 is 4.57 Å². The highest BCUT2D eigenvalue weighted by atomic mass is 16.2. The summed E-state index contributed by atoms with van der Waals surface area (Å²) < 4.78 is 2.14. The second-order valence-corrected chi connectivity index (χ2v) is 13.6. The minimum atomic E-state index is -0.335. The molecular formula is C50H38N2O2. The molecule has 0 atom stereocenters. The molecule has 0 saturated heterocycles. The van der Waals surface area contributed by atoms with Gasteiger partial charge in [0.1, 0.15) is 0 Å². The third kappa shape index (κ3) is 5.94. The van der Waals surface area contributed by atoms with Gasteiger partial charge in [-0.1, -0.05) is 164 Å². The van der Waals surface area contributed by atoms with Crippen LogP contribution in [0.5, 0.6) is 0 Å². The molecule has 0 spiro atoms. The van der Waals surface area contributed by atoms with Crippen LogP contribution in [0, 0.1) is 6.92 Å². The molecule has 0 unspecified atom stereocenters. The number of imide groups is 1. The van der Waals surface area contributed by atoms with E-state index in [4.69, 9.17) is 0 Å². The van der Waals surface area contributed by atoms with Crippen molar-refractivity contribution in [3.05, 3.63) is 205 Å². The summed E-state index contributed by atoms with van der Waals surface area (Å²) in [4.78, 5) is 30.9. The molecule has 2 heterocycles. The molecule has 0 saturated carbocycles. The highest BCUT2D eigenvalue weighted by Crippen LogP contribution is 2.45. The maximum atomic E-state index is 14.9. The molecular weight excluding hydrogens is 661 g/mol. The Labute approximate surface area is 315 Å². The Kier molecular flexibility index (Phi) is 8.94. The number of anilines is 1. The lowest BCUT2D eigenvalue weighted by Gasteiger charge is -2.23. The van der Waals surface area contributed by atoms with E-state index >= 15 is 0 Å². The molecule has 260 valence electrons. The summed E-state index contributed by atoms with van der Waals surface area (Å²) in [5, 5.41) is 2.17. The standard InChI is InChI=1S/C45H30N2O2.C5H8/c1-29-22-24-30(25-23-29)33-26-27-40-38(28-33)36-16-8-9-20-39(36)46(40)41-21-11-19-37-42(41)45(49)47(44(37)48)43-34(31-12-4-2-5-13-31)17-10-18-35(43)32-14-6-3-7-15-32;1-4-5(2)3/h2-28H,1H3;4H,1-2H2,3H3. The van der Waals surface area contributed by atoms with E-state index in [0.717, 1.165) is 60.8 Å². The summed E-state index contributed by atoms with van der Waals surface area (Å²) in [6.45, 7) is 11.0. The van der Waals surface area contributed by atoms with E-state index in [1.807, 2.05) is 110 Å². The SMILES string of the molecule is C=CC(=C)C.Cc1ccc(-c2ccc3c(c2)c2ccccc2n3-c2cccc3c2C(=O)N(c2c(-c4ccccc4)cccc2-c2ccccc2)C3=O)cc1. The topological polar surface area (TPSA) is 42.3 Å². The van der Waals surface area contributed by atoms with Crippen LogP contribution in [-0.4, -0.2) is 16.4 Å². The van der Waals surface area contributed by atoms with Crippen molar-refractivity contribution in [3.8, 4) is 39.1 Å². The van der Waals surface area contributed by atoms with E-state index in [-0.39, 0.29) is 11.8 Å². The van der Waals surface area contributed by atoms with E-state index in [0.29, 0.717) is 22.5 Å². The van der Waals surface area contributed by atoms with Crippen LogP contribution >= 0.6 is 0 Å². The Morgan fingerprint density at radius 1 is 0.537 bits per heavy atom. The molecule has 1 aliphatic heterocycles. The molecule has 54 heavy (non-hydrogen) atoms. The van der Waals surface area contributed by atoms with Crippen molar-refractivity contribution in [1.82, 2.24) is 4.57 Å². The van der Waals surface area contributed by atoms with Crippen LogP contribution in [-0.2, 0) is 0 Å². The lowest BCUT2D eigenvalue weighted by atomic mass is 9.95. The average Bonchev–Trinajstić information content (AvgIpc) is 3.68. The van der Waals surface area contributed by atoms with Gasteiger partial charge in [0.25, 0.3) is 11.8 Å². The Morgan fingerprint density at radius 2 is 1.07 bits per heavy atom. The van der Waals surface area contributed by atoms with Crippen LogP contribution in [0.4, 0.5) is 5.69 Å². The number of amides is 2. The molecule has 0 aliphatic carbocycles. The number of rotatable bonds is 6. The second-order valence-electron chi connectivity index (χ2n) is 13.6. The molecule has 0 radical (unpaired) electrons. The summed E-state index contributed by atoms with van der Waals surface area (Å²) in [5.74, 6) is -0.664. The van der Waals surface area contributed by atoms with Crippen molar-refractivity contribution in [2.45, 2.75) is 13.8 Å². The fraction of sp³-hybridized carbons (Fsp3) is 0.0400. The molecule has 0 N–H and O–H groups in total. The summed E-state index contributed by atoms with van der Waals surface area (Å²) >= 11 is 0. The first-order valence-corrected chi connectivity index (χ1v) is 18.0. The number of hydrogen-bond acceptors (Lipinski definition) is 2. The monoisotopic (exact) mass is 698 g/mol. The Balaban J connectivity index is 0.000000778. The van der Waals surface area contributed by atoms with Gasteiger partial charge in [0.05, 0.1) is 33.5 Å². The van der Waals surface area contributed by atoms with E-state index in [9.17, 15) is 9.59 Å². The zero-order valence-electron chi connectivity index (χ0n) is 30.3. The first-order valence-electron chi connectivity index (χ1n) is 18.0. The van der Waals surface area contributed by atoms with Crippen LogP contribution in [0.1, 0.15) is 33.2 Å². The minimum absolute atomic E-state index is 0.329. The summed E-state index contributed by atoms with van der Waals surface area (Å²) in [6, 6.07) is 54.8. The number of aromatic nitrogens is 1. The summed E-state index contributed by atoms with van der Waals surface area (Å²) in [5.41, 5.74) is 12.0. The summed E-state index contributed by atoms with van der Waals surface area (Å²) in [6.07, 6.45) is 1.72. The second kappa shape index (κ2) is 14.2. The maximum absolute atomic E-state index is 14.9. The van der Waals surface area contributed by atoms with Gasteiger partial charge in [-0.3, -0.25) is 9.59 Å². The largest absolute Gasteiger partial charge is 0.308 e. The smallest absolute Gasteiger partial charge is 0.268 e. The van der Waals surface area contributed by atoms with Crippen molar-refractivity contribution in [2.24, 2.45) is 0 Å². The molecule has 9 rings (SSSR count). The van der Waals surface area contributed by atoms with Gasteiger partial charge in [0, 0.05) is 21.9 Å². The predicted octanol–water partition coefficient (Wildman–Crippen LogP) is 12.6. The number of allylic oxidation sites excluding steroid dienone is 2. The first-order chi connectivity index (χ1) is 26.4. The molecule has 2 amide bonds. The average molecular weight is 699 g/mol. The third-order valence-corrected chi connectivity index (χ3v) is 9.97. The van der Waals surface area contributed by atoms with Gasteiger partial charge >= 0.3 is 0 Å². The van der Waals surface area contributed by atoms with Gasteiger partial charge in [-0.25, -0.2) is 4.90 Å². The van der Waals surface area contributed by atoms with Gasteiger partial charge in [-0.15, -0.1) is 0 Å². The molecule has 1 aliphatic rings. The molecule has 0 fully saturated rings. The van der Waals surface area contributed by atoms with Gasteiger partial charge in [-0.05, 0) is 66.4 Å². The number of carbonyl (C=O) groups is 2. The minimum Gasteiger partial charge on any atom is -0.308 e. The normalized spacial score (nSPS) is 12.1. The Bertz CT molecular complexity index is 2680.